The van der Waals surface area contributed by atoms with Crippen LogP contribution in [0.15, 0.2) is 0 Å². The first kappa shape index (κ1) is 27.3. The smallest absolute Gasteiger partial charge is 0.394 e. The Morgan fingerprint density at radius 3 is 1.61 bits per heavy atom. The van der Waals surface area contributed by atoms with Crippen LogP contribution in [-0.4, -0.2) is 53.0 Å². The number of hydrogen-bond acceptors (Lipinski definition) is 4. The van der Waals surface area contributed by atoms with Crippen molar-refractivity contribution in [3.63, 3.8) is 0 Å². The molecular formula is C22H43F3O4Si2. The van der Waals surface area contributed by atoms with Gasteiger partial charge in [0.15, 0.2) is 22.4 Å². The molecule has 2 rings (SSSR count). The molecular weight excluding hydrogens is 441 g/mol. The van der Waals surface area contributed by atoms with Gasteiger partial charge in [0.2, 0.25) is 0 Å². The number of halogens is 3. The van der Waals surface area contributed by atoms with Gasteiger partial charge < -0.3 is 18.3 Å². The summed E-state index contributed by atoms with van der Waals surface area (Å²) < 4.78 is 67.6. The molecule has 0 bridgehead atoms. The molecule has 31 heavy (non-hydrogen) atoms. The second kappa shape index (κ2) is 8.08. The minimum atomic E-state index is -4.40. The van der Waals surface area contributed by atoms with Crippen LogP contribution >= 0.6 is 0 Å². The van der Waals surface area contributed by atoms with Crippen molar-refractivity contribution in [2.45, 2.75) is 134 Å². The molecule has 2 fully saturated rings. The number of ether oxygens (including phenoxy) is 2. The van der Waals surface area contributed by atoms with Crippen molar-refractivity contribution in [3.05, 3.63) is 0 Å². The van der Waals surface area contributed by atoms with Gasteiger partial charge in [-0.1, -0.05) is 41.5 Å². The van der Waals surface area contributed by atoms with Gasteiger partial charge in [-0.3, -0.25) is 0 Å². The fraction of sp³-hybridized carbons (Fsp3) is 1.00. The van der Waals surface area contributed by atoms with Gasteiger partial charge in [-0.25, -0.2) is 0 Å². The van der Waals surface area contributed by atoms with E-state index in [0.29, 0.717) is 0 Å². The third kappa shape index (κ3) is 5.77. The lowest BCUT2D eigenvalue weighted by molar-refractivity contribution is -0.233. The van der Waals surface area contributed by atoms with E-state index in [1.165, 1.54) is 0 Å². The molecule has 4 nitrogen and oxygen atoms in total. The summed E-state index contributed by atoms with van der Waals surface area (Å²) in [6.07, 6.45) is -7.77. The van der Waals surface area contributed by atoms with Crippen molar-refractivity contribution in [1.29, 1.82) is 0 Å². The summed E-state index contributed by atoms with van der Waals surface area (Å²) >= 11 is 0. The molecule has 0 spiro atoms. The van der Waals surface area contributed by atoms with Gasteiger partial charge in [-0.05, 0) is 56.5 Å². The second-order valence-corrected chi connectivity index (χ2v) is 22.2. The molecule has 0 aromatic carbocycles. The third-order valence-electron chi connectivity index (χ3n) is 7.65. The standard InChI is InChI=1S/C22H43F3O4Si2/c1-19(2,3)30(9,10)28-15-13-14(22(23,24)25)16-18(27-21(7,8)26-16)17(15)29-31(11,12)20(4,5)6/h14-18H,13H2,1-12H3/t14?,15-,16+,17+,18+/m0/s1. The van der Waals surface area contributed by atoms with E-state index in [1.807, 2.05) is 0 Å². The quantitative estimate of drug-likeness (QED) is 0.408. The Hall–Kier alpha value is 0.0638. The monoisotopic (exact) mass is 484 g/mol. The largest absolute Gasteiger partial charge is 0.411 e. The van der Waals surface area contributed by atoms with Crippen LogP contribution in [-0.2, 0) is 18.3 Å². The minimum absolute atomic E-state index is 0.0973. The van der Waals surface area contributed by atoms with Gasteiger partial charge in [0.1, 0.15) is 12.2 Å². The lowest BCUT2D eigenvalue weighted by atomic mass is 9.80. The van der Waals surface area contributed by atoms with Gasteiger partial charge in [-0.2, -0.15) is 13.2 Å². The Kier molecular flexibility index (Phi) is 7.12. The maximum Gasteiger partial charge on any atom is 0.394 e. The maximum atomic E-state index is 14.1. The molecule has 1 heterocycles. The molecule has 1 saturated heterocycles. The second-order valence-electron chi connectivity index (χ2n) is 12.7. The minimum Gasteiger partial charge on any atom is -0.411 e. The fourth-order valence-corrected chi connectivity index (χ4v) is 6.42. The molecule has 1 aliphatic carbocycles. The van der Waals surface area contributed by atoms with E-state index >= 15 is 0 Å². The van der Waals surface area contributed by atoms with Crippen LogP contribution in [0.1, 0.15) is 61.8 Å². The van der Waals surface area contributed by atoms with Crippen molar-refractivity contribution in [2.75, 3.05) is 0 Å². The van der Waals surface area contributed by atoms with E-state index in [9.17, 15) is 13.2 Å². The van der Waals surface area contributed by atoms with Crippen molar-refractivity contribution >= 4 is 16.6 Å². The van der Waals surface area contributed by atoms with Gasteiger partial charge in [0.05, 0.1) is 18.1 Å². The van der Waals surface area contributed by atoms with E-state index in [-0.39, 0.29) is 16.5 Å². The average molecular weight is 485 g/mol. The van der Waals surface area contributed by atoms with Gasteiger partial charge >= 0.3 is 6.18 Å². The molecule has 0 aromatic rings. The zero-order valence-corrected chi connectivity index (χ0v) is 23.4. The van der Waals surface area contributed by atoms with E-state index < -0.39 is 58.9 Å². The number of rotatable bonds is 4. The molecule has 5 atom stereocenters. The van der Waals surface area contributed by atoms with Gasteiger partial charge in [0.25, 0.3) is 0 Å². The van der Waals surface area contributed by atoms with Crippen LogP contribution in [0.4, 0.5) is 13.2 Å². The first-order valence-electron chi connectivity index (χ1n) is 11.3. The molecule has 0 aromatic heterocycles. The molecule has 9 heteroatoms. The Morgan fingerprint density at radius 2 is 1.19 bits per heavy atom. The lowest BCUT2D eigenvalue weighted by Gasteiger charge is -2.50. The summed E-state index contributed by atoms with van der Waals surface area (Å²) in [7, 11) is -4.66. The predicted molar refractivity (Wildman–Crippen MR) is 122 cm³/mol. The average Bonchev–Trinajstić information content (AvgIpc) is 2.80. The third-order valence-corrected chi connectivity index (χ3v) is 16.6. The van der Waals surface area contributed by atoms with Crippen LogP contribution in [0.3, 0.4) is 0 Å². The Balaban J connectivity index is 2.52. The highest BCUT2D eigenvalue weighted by Gasteiger charge is 2.63. The molecule has 2 aliphatic rings. The molecule has 0 N–H and O–H groups in total. The first-order chi connectivity index (χ1) is 13.5. The number of fused-ring (bicyclic) bond motifs is 1. The van der Waals surface area contributed by atoms with E-state index in [0.717, 1.165) is 0 Å². The Labute approximate surface area is 188 Å². The van der Waals surface area contributed by atoms with Crippen LogP contribution in [0.25, 0.3) is 0 Å². The maximum absolute atomic E-state index is 14.1. The van der Waals surface area contributed by atoms with Crippen molar-refractivity contribution < 1.29 is 31.5 Å². The number of hydrogen-bond donors (Lipinski definition) is 0. The number of alkyl halides is 3. The molecule has 1 aliphatic heterocycles. The van der Waals surface area contributed by atoms with Gasteiger partial charge in [0, 0.05) is 0 Å². The van der Waals surface area contributed by atoms with Crippen molar-refractivity contribution in [1.82, 2.24) is 0 Å². The summed E-state index contributed by atoms with van der Waals surface area (Å²) in [6.45, 7) is 24.4. The summed E-state index contributed by atoms with van der Waals surface area (Å²) in [6, 6.07) is 0. The van der Waals surface area contributed by atoms with Crippen molar-refractivity contribution in [2.24, 2.45) is 5.92 Å². The molecule has 1 unspecified atom stereocenters. The van der Waals surface area contributed by atoms with E-state index in [4.69, 9.17) is 18.3 Å². The summed E-state index contributed by atoms with van der Waals surface area (Å²) in [4.78, 5) is 0. The highest BCUT2D eigenvalue weighted by atomic mass is 28.4. The zero-order valence-electron chi connectivity index (χ0n) is 21.4. The van der Waals surface area contributed by atoms with Crippen LogP contribution in [0, 0.1) is 5.92 Å². The Morgan fingerprint density at radius 1 is 0.774 bits per heavy atom. The fourth-order valence-electron chi connectivity index (χ4n) is 3.76. The van der Waals surface area contributed by atoms with Crippen LogP contribution in [0.5, 0.6) is 0 Å². The summed E-state index contributed by atoms with van der Waals surface area (Å²) in [5, 5.41) is -0.231. The normalized spacial score (nSPS) is 32.8. The van der Waals surface area contributed by atoms with E-state index in [1.54, 1.807) is 13.8 Å². The van der Waals surface area contributed by atoms with Gasteiger partial charge in [-0.15, -0.1) is 0 Å². The Bertz CT molecular complexity index is 651. The van der Waals surface area contributed by atoms with E-state index in [2.05, 4.69) is 67.7 Å². The topological polar surface area (TPSA) is 36.9 Å². The van der Waals surface area contributed by atoms with Crippen LogP contribution in [0.2, 0.25) is 36.3 Å². The lowest BCUT2D eigenvalue weighted by Crippen LogP contribution is -2.62. The summed E-state index contributed by atoms with van der Waals surface area (Å²) in [5.41, 5.74) is 0. The SMILES string of the molecule is CC1(C)O[C@H]2[C@H](O[Si](C)(C)C(C)(C)C)[C@@H](O[Si](C)(C)C(C)(C)C)CC(C(F)(F)F)[C@H]2O1. The highest BCUT2D eigenvalue weighted by molar-refractivity contribution is 6.74. The first-order valence-corrected chi connectivity index (χ1v) is 17.1. The molecule has 1 saturated carbocycles. The molecule has 184 valence electrons. The van der Waals surface area contributed by atoms with Crippen LogP contribution < -0.4 is 0 Å². The summed E-state index contributed by atoms with van der Waals surface area (Å²) in [5.74, 6) is -2.74. The van der Waals surface area contributed by atoms with Crippen molar-refractivity contribution in [3.8, 4) is 0 Å². The molecule has 0 radical (unpaired) electrons. The highest BCUT2D eigenvalue weighted by Crippen LogP contribution is 2.51. The predicted octanol–water partition coefficient (Wildman–Crippen LogP) is 6.87. The molecule has 0 amide bonds. The zero-order chi connectivity index (χ0) is 24.4.